The van der Waals surface area contributed by atoms with Gasteiger partial charge in [0.2, 0.25) is 0 Å². The van der Waals surface area contributed by atoms with Crippen LogP contribution in [0.4, 0.5) is 0 Å². The van der Waals surface area contributed by atoms with Gasteiger partial charge in [0.25, 0.3) is 0 Å². The number of nitrogens with zero attached hydrogens (tertiary/aromatic N) is 1. The van der Waals surface area contributed by atoms with Crippen LogP contribution in [0.3, 0.4) is 0 Å². The number of hydrazone groups is 1. The van der Waals surface area contributed by atoms with Crippen LogP contribution in [0, 0.1) is 0 Å². The molecule has 1 N–H and O–H groups in total. The first-order valence-electron chi connectivity index (χ1n) is 11.6. The molecular weight excluding hydrogens is 376 g/mol. The maximum Gasteiger partial charge on any atom is 0.0684 e. The van der Waals surface area contributed by atoms with E-state index in [9.17, 15) is 0 Å². The van der Waals surface area contributed by atoms with Crippen molar-refractivity contribution >= 4 is 17.4 Å². The van der Waals surface area contributed by atoms with Crippen molar-refractivity contribution in [2.45, 2.75) is 50.5 Å². The highest BCUT2D eigenvalue weighted by atomic mass is 15.3. The molecular formula is C29H30N2. The second-order valence-corrected chi connectivity index (χ2v) is 8.74. The van der Waals surface area contributed by atoms with E-state index in [1.165, 1.54) is 59.9 Å². The number of fused-ring (bicyclic) bond motifs is 1. The van der Waals surface area contributed by atoms with E-state index in [0.717, 1.165) is 12.1 Å². The van der Waals surface area contributed by atoms with Crippen LogP contribution in [0.15, 0.2) is 90.0 Å². The SMILES string of the molecule is C1=C(c2ccccc2)C(CC(=NNC2CCCCC2)c2ccccc2)c2ccccc21. The summed E-state index contributed by atoms with van der Waals surface area (Å²) in [6, 6.07) is 30.8. The molecule has 2 nitrogen and oxygen atoms in total. The van der Waals surface area contributed by atoms with Crippen LogP contribution in [0.2, 0.25) is 0 Å². The third kappa shape index (κ3) is 4.49. The summed E-state index contributed by atoms with van der Waals surface area (Å²) in [5.41, 5.74) is 11.3. The number of hydrogen-bond donors (Lipinski definition) is 1. The molecule has 31 heavy (non-hydrogen) atoms. The molecule has 5 rings (SSSR count). The molecule has 0 radical (unpaired) electrons. The lowest BCUT2D eigenvalue weighted by Gasteiger charge is -2.23. The van der Waals surface area contributed by atoms with Crippen LogP contribution in [0.25, 0.3) is 11.6 Å². The van der Waals surface area contributed by atoms with Crippen LogP contribution in [0.5, 0.6) is 0 Å². The molecule has 2 aliphatic carbocycles. The Labute approximate surface area is 185 Å². The van der Waals surface area contributed by atoms with E-state index in [-0.39, 0.29) is 0 Å². The predicted octanol–water partition coefficient (Wildman–Crippen LogP) is 7.04. The number of hydrogen-bond acceptors (Lipinski definition) is 2. The minimum atomic E-state index is 0.311. The highest BCUT2D eigenvalue weighted by molar-refractivity contribution is 6.04. The van der Waals surface area contributed by atoms with Crippen molar-refractivity contribution in [3.8, 4) is 0 Å². The third-order valence-corrected chi connectivity index (χ3v) is 6.66. The van der Waals surface area contributed by atoms with Crippen molar-refractivity contribution in [3.05, 3.63) is 107 Å². The maximum atomic E-state index is 5.02. The number of rotatable bonds is 6. The molecule has 0 aromatic heterocycles. The molecule has 0 bridgehead atoms. The van der Waals surface area contributed by atoms with Gasteiger partial charge in [0.15, 0.2) is 0 Å². The first-order valence-corrected chi connectivity index (χ1v) is 11.6. The monoisotopic (exact) mass is 406 g/mol. The fraction of sp³-hybridized carbons (Fsp3) is 0.276. The number of allylic oxidation sites excluding steroid dienone is 1. The average molecular weight is 407 g/mol. The summed E-state index contributed by atoms with van der Waals surface area (Å²) < 4.78 is 0. The van der Waals surface area contributed by atoms with Crippen molar-refractivity contribution in [1.82, 2.24) is 5.43 Å². The smallest absolute Gasteiger partial charge is 0.0684 e. The molecule has 3 aromatic carbocycles. The normalized spacial score (nSPS) is 19.0. The second-order valence-electron chi connectivity index (χ2n) is 8.74. The first kappa shape index (κ1) is 19.8. The van der Waals surface area contributed by atoms with E-state index in [1.54, 1.807) is 0 Å². The number of benzene rings is 3. The molecule has 3 aromatic rings. The van der Waals surface area contributed by atoms with Gasteiger partial charge in [-0.25, -0.2) is 0 Å². The van der Waals surface area contributed by atoms with Gasteiger partial charge in [-0.05, 0) is 40.7 Å². The van der Waals surface area contributed by atoms with E-state index in [4.69, 9.17) is 5.10 Å². The lowest BCUT2D eigenvalue weighted by Crippen LogP contribution is -2.28. The Kier molecular flexibility index (Phi) is 5.97. The van der Waals surface area contributed by atoms with Gasteiger partial charge in [-0.2, -0.15) is 5.10 Å². The Hall–Kier alpha value is -3.13. The summed E-state index contributed by atoms with van der Waals surface area (Å²) in [4.78, 5) is 0. The van der Waals surface area contributed by atoms with Crippen LogP contribution in [-0.2, 0) is 0 Å². The third-order valence-electron chi connectivity index (χ3n) is 6.66. The molecule has 0 amide bonds. The Bertz CT molecular complexity index is 1060. The lowest BCUT2D eigenvalue weighted by atomic mass is 9.85. The van der Waals surface area contributed by atoms with Gasteiger partial charge in [-0.3, -0.25) is 0 Å². The van der Waals surface area contributed by atoms with E-state index in [0.29, 0.717) is 12.0 Å². The molecule has 156 valence electrons. The van der Waals surface area contributed by atoms with Crippen molar-refractivity contribution in [3.63, 3.8) is 0 Å². The Morgan fingerprint density at radius 2 is 1.45 bits per heavy atom. The first-order chi connectivity index (χ1) is 15.4. The Balaban J connectivity index is 1.48. The zero-order valence-electron chi connectivity index (χ0n) is 18.0. The van der Waals surface area contributed by atoms with Crippen molar-refractivity contribution in [2.75, 3.05) is 0 Å². The van der Waals surface area contributed by atoms with Crippen molar-refractivity contribution in [2.24, 2.45) is 5.10 Å². The average Bonchev–Trinajstić information content (AvgIpc) is 3.22. The molecule has 0 spiro atoms. The standard InChI is InChI=1S/C29H30N2/c1-4-12-22(13-5-1)27-20-24-16-10-11-19-26(24)28(27)21-29(23-14-6-2-7-15-23)31-30-25-17-8-3-9-18-25/h1-2,4-7,10-16,19-20,25,28,30H,3,8-9,17-18,21H2. The van der Waals surface area contributed by atoms with E-state index in [1.807, 2.05) is 0 Å². The fourth-order valence-electron chi connectivity index (χ4n) is 4.98. The van der Waals surface area contributed by atoms with Crippen LogP contribution in [0.1, 0.15) is 66.7 Å². The molecule has 1 atom stereocenters. The van der Waals surface area contributed by atoms with Crippen LogP contribution >= 0.6 is 0 Å². The quantitative estimate of drug-likeness (QED) is 0.344. The molecule has 0 saturated heterocycles. The van der Waals surface area contributed by atoms with Crippen molar-refractivity contribution < 1.29 is 0 Å². The van der Waals surface area contributed by atoms with Gasteiger partial charge in [0, 0.05) is 18.4 Å². The largest absolute Gasteiger partial charge is 0.307 e. The summed E-state index contributed by atoms with van der Waals surface area (Å²) in [6.45, 7) is 0. The van der Waals surface area contributed by atoms with E-state index in [2.05, 4.69) is 96.4 Å². The molecule has 0 aliphatic heterocycles. The van der Waals surface area contributed by atoms with E-state index < -0.39 is 0 Å². The molecule has 0 heterocycles. The lowest BCUT2D eigenvalue weighted by molar-refractivity contribution is 0.380. The summed E-state index contributed by atoms with van der Waals surface area (Å²) >= 11 is 0. The van der Waals surface area contributed by atoms with Gasteiger partial charge in [0.05, 0.1) is 5.71 Å². The topological polar surface area (TPSA) is 24.4 Å². The minimum absolute atomic E-state index is 0.311. The van der Waals surface area contributed by atoms with Crippen LogP contribution in [-0.4, -0.2) is 11.8 Å². The van der Waals surface area contributed by atoms with Gasteiger partial charge in [0.1, 0.15) is 0 Å². The minimum Gasteiger partial charge on any atom is -0.307 e. The summed E-state index contributed by atoms with van der Waals surface area (Å²) in [5, 5.41) is 5.02. The summed E-state index contributed by atoms with van der Waals surface area (Å²) in [6.07, 6.45) is 9.70. The van der Waals surface area contributed by atoms with Gasteiger partial charge in [-0.1, -0.05) is 110 Å². The summed E-state index contributed by atoms with van der Waals surface area (Å²) in [7, 11) is 0. The molecule has 1 unspecified atom stereocenters. The van der Waals surface area contributed by atoms with Gasteiger partial charge in [-0.15, -0.1) is 0 Å². The zero-order valence-corrected chi connectivity index (χ0v) is 18.0. The predicted molar refractivity (Wildman–Crippen MR) is 131 cm³/mol. The number of nitrogens with one attached hydrogen (secondary N) is 1. The molecule has 1 saturated carbocycles. The molecule has 1 fully saturated rings. The summed E-state index contributed by atoms with van der Waals surface area (Å²) in [5.74, 6) is 0.311. The molecule has 2 heteroatoms. The molecule has 2 aliphatic rings. The Morgan fingerprint density at radius 1 is 0.774 bits per heavy atom. The van der Waals surface area contributed by atoms with Crippen LogP contribution < -0.4 is 5.43 Å². The fourth-order valence-corrected chi connectivity index (χ4v) is 4.98. The Morgan fingerprint density at radius 3 is 2.23 bits per heavy atom. The second kappa shape index (κ2) is 9.34. The van der Waals surface area contributed by atoms with Crippen molar-refractivity contribution in [1.29, 1.82) is 0 Å². The van der Waals surface area contributed by atoms with Gasteiger partial charge >= 0.3 is 0 Å². The zero-order chi connectivity index (χ0) is 20.9. The maximum absolute atomic E-state index is 5.02. The van der Waals surface area contributed by atoms with Gasteiger partial charge < -0.3 is 5.43 Å². The highest BCUT2D eigenvalue weighted by Crippen LogP contribution is 2.44. The van der Waals surface area contributed by atoms with E-state index >= 15 is 0 Å². The highest BCUT2D eigenvalue weighted by Gasteiger charge is 2.28.